The monoisotopic (exact) mass is 240 g/mol. The molecule has 2 aromatic rings. The molecule has 2 heteroatoms. The normalized spacial score (nSPS) is 11.8. The quantitative estimate of drug-likeness (QED) is 0.604. The molecule has 0 spiro atoms. The molecule has 0 bridgehead atoms. The zero-order valence-corrected chi connectivity index (χ0v) is 10.4. The third kappa shape index (κ3) is 3.45. The number of esters is 1. The van der Waals surface area contributed by atoms with Gasteiger partial charge in [-0.25, -0.2) is 0 Å². The molecule has 0 radical (unpaired) electrons. The van der Waals surface area contributed by atoms with E-state index in [1.807, 2.05) is 55.5 Å². The van der Waals surface area contributed by atoms with E-state index in [9.17, 15) is 4.79 Å². The molecule has 0 heterocycles. The predicted octanol–water partition coefficient (Wildman–Crippen LogP) is 3.47. The van der Waals surface area contributed by atoms with Crippen molar-refractivity contribution in [1.82, 2.24) is 0 Å². The second-order valence-electron chi connectivity index (χ2n) is 4.32. The lowest BCUT2D eigenvalue weighted by Crippen LogP contribution is -2.19. The highest BCUT2D eigenvalue weighted by molar-refractivity contribution is 5.75. The van der Waals surface area contributed by atoms with E-state index in [1.54, 1.807) is 12.1 Å². The van der Waals surface area contributed by atoms with Crippen LogP contribution in [0.15, 0.2) is 60.7 Å². The second-order valence-corrected chi connectivity index (χ2v) is 4.32. The molecule has 18 heavy (non-hydrogen) atoms. The maximum absolute atomic E-state index is 11.9. The smallest absolute Gasteiger partial charge is 0.314 e. The zero-order chi connectivity index (χ0) is 12.8. The van der Waals surface area contributed by atoms with Crippen LogP contribution in [0.2, 0.25) is 0 Å². The maximum Gasteiger partial charge on any atom is 0.314 e. The summed E-state index contributed by atoms with van der Waals surface area (Å²) in [5, 5.41) is 0. The Kier molecular flexibility index (Phi) is 4.13. The summed E-state index contributed by atoms with van der Waals surface area (Å²) >= 11 is 0. The molecule has 0 aromatic heterocycles. The van der Waals surface area contributed by atoms with Crippen LogP contribution in [0.3, 0.4) is 0 Å². The molecule has 1 unspecified atom stereocenters. The first-order chi connectivity index (χ1) is 8.75. The van der Waals surface area contributed by atoms with Crippen molar-refractivity contribution in [3.05, 3.63) is 66.2 Å². The largest absolute Gasteiger partial charge is 0.426 e. The number of ether oxygens (including phenoxy) is 1. The lowest BCUT2D eigenvalue weighted by molar-refractivity contribution is -0.138. The van der Waals surface area contributed by atoms with Crippen molar-refractivity contribution in [1.29, 1.82) is 0 Å². The van der Waals surface area contributed by atoms with Crippen LogP contribution in [0.5, 0.6) is 5.75 Å². The van der Waals surface area contributed by atoms with Crippen molar-refractivity contribution in [2.24, 2.45) is 5.92 Å². The third-order valence-electron chi connectivity index (χ3n) is 2.75. The van der Waals surface area contributed by atoms with Crippen molar-refractivity contribution >= 4 is 5.97 Å². The lowest BCUT2D eigenvalue weighted by Gasteiger charge is -2.11. The number of benzene rings is 2. The van der Waals surface area contributed by atoms with E-state index >= 15 is 0 Å². The van der Waals surface area contributed by atoms with Gasteiger partial charge >= 0.3 is 5.97 Å². The average Bonchev–Trinajstić information content (AvgIpc) is 2.41. The number of rotatable bonds is 4. The van der Waals surface area contributed by atoms with Gasteiger partial charge in [0.2, 0.25) is 0 Å². The van der Waals surface area contributed by atoms with Gasteiger partial charge in [-0.15, -0.1) is 0 Å². The average molecular weight is 240 g/mol. The number of carbonyl (C=O) groups is 1. The first-order valence-corrected chi connectivity index (χ1v) is 6.06. The Labute approximate surface area is 107 Å². The van der Waals surface area contributed by atoms with Crippen molar-refractivity contribution in [2.45, 2.75) is 13.3 Å². The van der Waals surface area contributed by atoms with Gasteiger partial charge in [-0.05, 0) is 24.1 Å². The third-order valence-corrected chi connectivity index (χ3v) is 2.75. The molecule has 1 atom stereocenters. The molecule has 2 aromatic carbocycles. The number of hydrogen-bond acceptors (Lipinski definition) is 2. The summed E-state index contributed by atoms with van der Waals surface area (Å²) in [6.07, 6.45) is 0.701. The number of hydrogen-bond donors (Lipinski definition) is 0. The van der Waals surface area contributed by atoms with Crippen LogP contribution in [-0.2, 0) is 11.2 Å². The molecule has 2 nitrogen and oxygen atoms in total. The van der Waals surface area contributed by atoms with Crippen LogP contribution in [0.4, 0.5) is 0 Å². The molecule has 2 rings (SSSR count). The minimum absolute atomic E-state index is 0.146. The van der Waals surface area contributed by atoms with Crippen LogP contribution in [0.25, 0.3) is 0 Å². The van der Waals surface area contributed by atoms with Gasteiger partial charge in [-0.1, -0.05) is 55.5 Å². The van der Waals surface area contributed by atoms with Crippen LogP contribution >= 0.6 is 0 Å². The fourth-order valence-corrected chi connectivity index (χ4v) is 1.76. The van der Waals surface area contributed by atoms with Gasteiger partial charge in [0.25, 0.3) is 0 Å². The van der Waals surface area contributed by atoms with Gasteiger partial charge in [0.05, 0.1) is 5.92 Å². The first-order valence-electron chi connectivity index (χ1n) is 6.06. The minimum Gasteiger partial charge on any atom is -0.426 e. The molecule has 0 saturated heterocycles. The summed E-state index contributed by atoms with van der Waals surface area (Å²) in [5.41, 5.74) is 1.15. The highest BCUT2D eigenvalue weighted by atomic mass is 16.5. The van der Waals surface area contributed by atoms with Crippen LogP contribution < -0.4 is 4.74 Å². The van der Waals surface area contributed by atoms with E-state index < -0.39 is 0 Å². The Hall–Kier alpha value is -2.09. The fraction of sp³-hybridized carbons (Fsp3) is 0.188. The van der Waals surface area contributed by atoms with Crippen LogP contribution in [0, 0.1) is 5.92 Å². The van der Waals surface area contributed by atoms with Crippen molar-refractivity contribution in [3.63, 3.8) is 0 Å². The molecule has 0 saturated carbocycles. The molecular weight excluding hydrogens is 224 g/mol. The highest BCUT2D eigenvalue weighted by Crippen LogP contribution is 2.14. The second kappa shape index (κ2) is 6.01. The summed E-state index contributed by atoms with van der Waals surface area (Å²) in [5.74, 6) is 0.264. The van der Waals surface area contributed by atoms with Gasteiger partial charge in [0, 0.05) is 0 Å². The molecule has 92 valence electrons. The van der Waals surface area contributed by atoms with Gasteiger partial charge in [-0.2, -0.15) is 0 Å². The Bertz CT molecular complexity index is 491. The topological polar surface area (TPSA) is 26.3 Å². The standard InChI is InChI=1S/C16H16O2/c1-13(12-14-8-4-2-5-9-14)16(17)18-15-10-6-3-7-11-15/h2-11,13H,12H2,1H3. The van der Waals surface area contributed by atoms with Crippen molar-refractivity contribution in [2.75, 3.05) is 0 Å². The number of para-hydroxylation sites is 1. The SMILES string of the molecule is CC(Cc1ccccc1)C(=O)Oc1ccccc1. The summed E-state index contributed by atoms with van der Waals surface area (Å²) in [6, 6.07) is 19.1. The number of carbonyl (C=O) groups excluding carboxylic acids is 1. The molecule has 0 aliphatic heterocycles. The Morgan fingerprint density at radius 1 is 1.00 bits per heavy atom. The molecule has 0 N–H and O–H groups in total. The van der Waals surface area contributed by atoms with Gasteiger partial charge in [0.1, 0.15) is 5.75 Å². The molecule has 0 aliphatic carbocycles. The van der Waals surface area contributed by atoms with E-state index in [-0.39, 0.29) is 11.9 Å². The molecule has 0 aliphatic rings. The van der Waals surface area contributed by atoms with Crippen LogP contribution in [-0.4, -0.2) is 5.97 Å². The van der Waals surface area contributed by atoms with Crippen molar-refractivity contribution in [3.8, 4) is 5.75 Å². The molecular formula is C16H16O2. The first kappa shape index (κ1) is 12.4. The molecule has 0 amide bonds. The Morgan fingerprint density at radius 3 is 2.17 bits per heavy atom. The lowest BCUT2D eigenvalue weighted by atomic mass is 10.0. The maximum atomic E-state index is 11.9. The predicted molar refractivity (Wildman–Crippen MR) is 71.4 cm³/mol. The van der Waals surface area contributed by atoms with Gasteiger partial charge in [0.15, 0.2) is 0 Å². The zero-order valence-electron chi connectivity index (χ0n) is 10.4. The van der Waals surface area contributed by atoms with Gasteiger partial charge < -0.3 is 4.74 Å². The molecule has 0 fully saturated rings. The minimum atomic E-state index is -0.190. The van der Waals surface area contributed by atoms with Crippen LogP contribution in [0.1, 0.15) is 12.5 Å². The summed E-state index contributed by atoms with van der Waals surface area (Å²) in [7, 11) is 0. The van der Waals surface area contributed by atoms with E-state index in [1.165, 1.54) is 0 Å². The fourth-order valence-electron chi connectivity index (χ4n) is 1.76. The Balaban J connectivity index is 1.93. The summed E-state index contributed by atoms with van der Waals surface area (Å²) in [4.78, 5) is 11.9. The summed E-state index contributed by atoms with van der Waals surface area (Å²) < 4.78 is 5.31. The van der Waals surface area contributed by atoms with Gasteiger partial charge in [-0.3, -0.25) is 4.79 Å². The van der Waals surface area contributed by atoms with E-state index in [4.69, 9.17) is 4.74 Å². The Morgan fingerprint density at radius 2 is 1.56 bits per heavy atom. The highest BCUT2D eigenvalue weighted by Gasteiger charge is 2.15. The van der Waals surface area contributed by atoms with E-state index in [2.05, 4.69) is 0 Å². The van der Waals surface area contributed by atoms with E-state index in [0.29, 0.717) is 12.2 Å². The van der Waals surface area contributed by atoms with E-state index in [0.717, 1.165) is 5.56 Å². The summed E-state index contributed by atoms with van der Waals surface area (Å²) in [6.45, 7) is 1.89. The van der Waals surface area contributed by atoms with Crippen molar-refractivity contribution < 1.29 is 9.53 Å².